The lowest BCUT2D eigenvalue weighted by molar-refractivity contribution is 0.431. The molecular formula is C56H41NS. The van der Waals surface area contributed by atoms with E-state index in [0.717, 1.165) is 19.3 Å². The number of anilines is 2. The summed E-state index contributed by atoms with van der Waals surface area (Å²) in [5.41, 5.74) is 15.2. The summed E-state index contributed by atoms with van der Waals surface area (Å²) in [5.74, 6) is 0.280. The molecule has 7 aromatic carbocycles. The molecule has 1 heterocycles. The molecule has 0 spiro atoms. The van der Waals surface area contributed by atoms with Crippen molar-refractivity contribution in [1.29, 1.82) is 0 Å². The van der Waals surface area contributed by atoms with Crippen LogP contribution in [-0.4, -0.2) is 0 Å². The highest BCUT2D eigenvalue weighted by molar-refractivity contribution is 7.25. The molecule has 0 aliphatic heterocycles. The molecule has 276 valence electrons. The van der Waals surface area contributed by atoms with Gasteiger partial charge in [-0.25, -0.2) is 0 Å². The normalized spacial score (nSPS) is 21.1. The Morgan fingerprint density at radius 1 is 0.517 bits per heavy atom. The second-order valence-electron chi connectivity index (χ2n) is 16.2. The molecule has 0 bridgehead atoms. The highest BCUT2D eigenvalue weighted by atomic mass is 32.1. The van der Waals surface area contributed by atoms with Crippen molar-refractivity contribution >= 4 is 42.9 Å². The highest BCUT2D eigenvalue weighted by Gasteiger charge is 2.59. The molecule has 8 aromatic rings. The van der Waals surface area contributed by atoms with E-state index in [1.807, 2.05) is 11.3 Å². The van der Waals surface area contributed by atoms with Crippen molar-refractivity contribution in [3.63, 3.8) is 0 Å². The summed E-state index contributed by atoms with van der Waals surface area (Å²) in [5, 5.41) is 2.64. The molecule has 0 fully saturated rings. The van der Waals surface area contributed by atoms with Gasteiger partial charge in [0.25, 0.3) is 0 Å². The van der Waals surface area contributed by atoms with E-state index in [1.165, 1.54) is 87.3 Å². The number of hydrogen-bond acceptors (Lipinski definition) is 2. The van der Waals surface area contributed by atoms with Gasteiger partial charge >= 0.3 is 0 Å². The molecule has 58 heavy (non-hydrogen) atoms. The Labute approximate surface area is 344 Å². The third-order valence-electron chi connectivity index (χ3n) is 13.5. The highest BCUT2D eigenvalue weighted by Crippen LogP contribution is 2.66. The van der Waals surface area contributed by atoms with Gasteiger partial charge in [0, 0.05) is 37.2 Å². The van der Waals surface area contributed by atoms with Crippen molar-refractivity contribution in [3.8, 4) is 11.1 Å². The topological polar surface area (TPSA) is 3.24 Å². The molecule has 12 rings (SSSR count). The van der Waals surface area contributed by atoms with Crippen LogP contribution in [0.5, 0.6) is 0 Å². The lowest BCUT2D eigenvalue weighted by Crippen LogP contribution is -2.47. The van der Waals surface area contributed by atoms with Crippen LogP contribution in [0.4, 0.5) is 11.4 Å². The molecule has 0 saturated carbocycles. The fourth-order valence-electron chi connectivity index (χ4n) is 11.2. The lowest BCUT2D eigenvalue weighted by Gasteiger charge is -2.51. The molecule has 4 aliphatic carbocycles. The molecule has 0 radical (unpaired) electrons. The minimum atomic E-state index is -0.548. The Morgan fingerprint density at radius 2 is 1.22 bits per heavy atom. The summed E-state index contributed by atoms with van der Waals surface area (Å²) in [6.07, 6.45) is 19.2. The van der Waals surface area contributed by atoms with E-state index in [4.69, 9.17) is 0 Å². The maximum absolute atomic E-state index is 2.49. The summed E-state index contributed by atoms with van der Waals surface area (Å²) < 4.78 is 2.66. The van der Waals surface area contributed by atoms with Crippen LogP contribution in [0, 0.1) is 5.92 Å². The van der Waals surface area contributed by atoms with Gasteiger partial charge in [-0.2, -0.15) is 0 Å². The molecule has 0 amide bonds. The maximum atomic E-state index is 2.49. The number of thiophene rings is 1. The molecule has 0 saturated heterocycles. The zero-order chi connectivity index (χ0) is 38.3. The molecule has 3 unspecified atom stereocenters. The first-order valence-corrected chi connectivity index (χ1v) is 21.5. The van der Waals surface area contributed by atoms with Gasteiger partial charge in [-0.05, 0) is 118 Å². The quantitative estimate of drug-likeness (QED) is 0.163. The van der Waals surface area contributed by atoms with Crippen LogP contribution in [0.3, 0.4) is 0 Å². The monoisotopic (exact) mass is 759 g/mol. The van der Waals surface area contributed by atoms with E-state index < -0.39 is 5.41 Å². The van der Waals surface area contributed by atoms with Crippen molar-refractivity contribution in [2.45, 2.75) is 30.1 Å². The van der Waals surface area contributed by atoms with E-state index in [1.54, 1.807) is 0 Å². The Balaban J connectivity index is 1.11. The van der Waals surface area contributed by atoms with Crippen LogP contribution in [0.25, 0.3) is 31.3 Å². The fourth-order valence-corrected chi connectivity index (χ4v) is 12.3. The van der Waals surface area contributed by atoms with Gasteiger partial charge in [-0.15, -0.1) is 11.3 Å². The Hall–Kier alpha value is -6.48. The number of allylic oxidation sites excluding steroid dienone is 8. The average Bonchev–Trinajstić information content (AvgIpc) is 3.83. The fraction of sp³-hybridized carbons (Fsp3) is 0.107. The molecule has 0 N–H and O–H groups in total. The smallest absolute Gasteiger partial charge is 0.0708 e. The van der Waals surface area contributed by atoms with Crippen molar-refractivity contribution in [3.05, 3.63) is 251 Å². The molecular weight excluding hydrogens is 719 g/mol. The minimum Gasteiger partial charge on any atom is -0.314 e. The molecule has 1 aromatic heterocycles. The first-order valence-electron chi connectivity index (χ1n) is 20.7. The van der Waals surface area contributed by atoms with Crippen molar-refractivity contribution in [2.24, 2.45) is 5.92 Å². The molecule has 2 heteroatoms. The Morgan fingerprint density at radius 3 is 2.05 bits per heavy atom. The summed E-state index contributed by atoms with van der Waals surface area (Å²) >= 11 is 1.88. The summed E-state index contributed by atoms with van der Waals surface area (Å²) in [4.78, 5) is 2.49. The molecule has 1 nitrogen and oxygen atoms in total. The van der Waals surface area contributed by atoms with Gasteiger partial charge in [-0.3, -0.25) is 0 Å². The predicted molar refractivity (Wildman–Crippen MR) is 244 cm³/mol. The predicted octanol–water partition coefficient (Wildman–Crippen LogP) is 14.6. The number of hydrogen-bond donors (Lipinski definition) is 0. The SMILES string of the molecule is C1=CCCC(N(c2ccc(C3(c4ccccc4)c4ccccc4C4(C5C=CC=CC5)c5ccccc5-c5cccc3c54)cc2)c2ccc3sc4ccccc4c3c2)=C1. The summed E-state index contributed by atoms with van der Waals surface area (Å²) in [7, 11) is 0. The van der Waals surface area contributed by atoms with Gasteiger partial charge in [-0.1, -0.05) is 164 Å². The zero-order valence-corrected chi connectivity index (χ0v) is 33.0. The average molecular weight is 760 g/mol. The number of fused-ring (bicyclic) bond motifs is 8. The zero-order valence-electron chi connectivity index (χ0n) is 32.2. The van der Waals surface area contributed by atoms with Crippen LogP contribution < -0.4 is 4.90 Å². The van der Waals surface area contributed by atoms with E-state index in [9.17, 15) is 0 Å². The minimum absolute atomic E-state index is 0.280. The van der Waals surface area contributed by atoms with E-state index in [0.29, 0.717) is 0 Å². The van der Waals surface area contributed by atoms with Crippen molar-refractivity contribution < 1.29 is 0 Å². The third-order valence-corrected chi connectivity index (χ3v) is 14.6. The number of nitrogens with zero attached hydrogens (tertiary/aromatic N) is 1. The van der Waals surface area contributed by atoms with Gasteiger partial charge in [0.2, 0.25) is 0 Å². The Kier molecular flexibility index (Phi) is 7.56. The van der Waals surface area contributed by atoms with Crippen LogP contribution in [-0.2, 0) is 10.8 Å². The first-order chi connectivity index (χ1) is 28.8. The second-order valence-corrected chi connectivity index (χ2v) is 17.3. The maximum Gasteiger partial charge on any atom is 0.0708 e. The number of rotatable bonds is 6. The standard InChI is InChI=1S/C56H41NS/c1-4-17-38(18-5-1)55(40-31-33-42(34-32-40)57(41-21-8-3-9-22-41)43-35-36-53-47(37-43)45-24-11-15-30-52(45)58-53)49-27-13-14-28-50(49)56(39-19-6-2-7-20-39)48-26-12-10-23-44(48)46-25-16-29-51(55)54(46)56/h1-8,10-19,21,23-37,39H,9,20,22H2. The molecule has 3 atom stereocenters. The van der Waals surface area contributed by atoms with Crippen molar-refractivity contribution in [2.75, 3.05) is 4.90 Å². The third kappa shape index (κ3) is 4.58. The number of benzene rings is 7. The van der Waals surface area contributed by atoms with E-state index >= 15 is 0 Å². The van der Waals surface area contributed by atoms with Gasteiger partial charge < -0.3 is 4.90 Å². The van der Waals surface area contributed by atoms with Crippen molar-refractivity contribution in [1.82, 2.24) is 0 Å². The van der Waals surface area contributed by atoms with E-state index in [2.05, 4.69) is 211 Å². The molecule has 4 aliphatic rings. The van der Waals surface area contributed by atoms with Crippen LogP contribution >= 0.6 is 11.3 Å². The second kappa shape index (κ2) is 13.0. The first kappa shape index (κ1) is 33.6. The van der Waals surface area contributed by atoms with Gasteiger partial charge in [0.15, 0.2) is 0 Å². The van der Waals surface area contributed by atoms with Gasteiger partial charge in [0.1, 0.15) is 0 Å². The largest absolute Gasteiger partial charge is 0.314 e. The van der Waals surface area contributed by atoms with Crippen LogP contribution in [0.2, 0.25) is 0 Å². The van der Waals surface area contributed by atoms with Crippen LogP contribution in [0.15, 0.2) is 212 Å². The van der Waals surface area contributed by atoms with Crippen LogP contribution in [0.1, 0.15) is 58.2 Å². The summed E-state index contributed by atoms with van der Waals surface area (Å²) in [6.45, 7) is 0. The Bertz CT molecular complexity index is 3050. The van der Waals surface area contributed by atoms with E-state index in [-0.39, 0.29) is 11.3 Å². The lowest BCUT2D eigenvalue weighted by atomic mass is 9.50. The van der Waals surface area contributed by atoms with Gasteiger partial charge in [0.05, 0.1) is 10.8 Å². The summed E-state index contributed by atoms with van der Waals surface area (Å²) in [6, 6.07) is 62.6.